The van der Waals surface area contributed by atoms with Crippen molar-refractivity contribution in [2.75, 3.05) is 13.2 Å². The first kappa shape index (κ1) is 14.4. The van der Waals surface area contributed by atoms with Crippen LogP contribution in [0.15, 0.2) is 18.2 Å². The number of benzene rings is 1. The Morgan fingerprint density at radius 1 is 1.50 bits per heavy atom. The van der Waals surface area contributed by atoms with Crippen LogP contribution in [0.4, 0.5) is 10.1 Å². The fourth-order valence-electron chi connectivity index (χ4n) is 2.09. The largest absolute Gasteiger partial charge is 0.396 e. The molecule has 108 valence electrons. The van der Waals surface area contributed by atoms with E-state index in [1.54, 1.807) is 0 Å². The van der Waals surface area contributed by atoms with Crippen LogP contribution in [0, 0.1) is 21.3 Å². The highest BCUT2D eigenvalue weighted by atomic mass is 19.1. The molecule has 0 radical (unpaired) electrons. The van der Waals surface area contributed by atoms with Crippen LogP contribution in [0.1, 0.15) is 29.6 Å². The SMILES string of the molecule is O=C(NCC1(CCO)CC1)c1ccc(F)c([N+](=O)[O-])c1. The molecule has 0 saturated heterocycles. The summed E-state index contributed by atoms with van der Waals surface area (Å²) in [7, 11) is 0. The van der Waals surface area contributed by atoms with Crippen molar-refractivity contribution in [3.8, 4) is 0 Å². The number of nitro groups is 1. The van der Waals surface area contributed by atoms with Crippen LogP contribution in [0.25, 0.3) is 0 Å². The number of aliphatic hydroxyl groups excluding tert-OH is 1. The highest BCUT2D eigenvalue weighted by molar-refractivity contribution is 5.94. The Kier molecular flexibility index (Phi) is 3.99. The molecule has 0 unspecified atom stereocenters. The second kappa shape index (κ2) is 5.54. The highest BCUT2D eigenvalue weighted by Crippen LogP contribution is 2.47. The molecule has 1 amide bonds. The van der Waals surface area contributed by atoms with Crippen LogP contribution in [0.5, 0.6) is 0 Å². The van der Waals surface area contributed by atoms with Gasteiger partial charge in [0, 0.05) is 24.8 Å². The van der Waals surface area contributed by atoms with E-state index in [-0.39, 0.29) is 17.6 Å². The second-order valence-corrected chi connectivity index (χ2v) is 5.08. The van der Waals surface area contributed by atoms with E-state index in [9.17, 15) is 19.3 Å². The lowest BCUT2D eigenvalue weighted by molar-refractivity contribution is -0.387. The van der Waals surface area contributed by atoms with Gasteiger partial charge in [-0.1, -0.05) is 0 Å². The lowest BCUT2D eigenvalue weighted by Crippen LogP contribution is -2.30. The summed E-state index contributed by atoms with van der Waals surface area (Å²) >= 11 is 0. The van der Waals surface area contributed by atoms with Crippen LogP contribution < -0.4 is 5.32 Å². The predicted octanol–water partition coefficient (Wildman–Crippen LogP) is 1.63. The molecule has 0 heterocycles. The van der Waals surface area contributed by atoms with Crippen LogP contribution in [-0.2, 0) is 0 Å². The predicted molar refractivity (Wildman–Crippen MR) is 68.8 cm³/mol. The second-order valence-electron chi connectivity index (χ2n) is 5.08. The fourth-order valence-corrected chi connectivity index (χ4v) is 2.09. The zero-order valence-corrected chi connectivity index (χ0v) is 10.8. The molecule has 1 aromatic rings. The van der Waals surface area contributed by atoms with E-state index in [1.165, 1.54) is 6.07 Å². The number of rotatable bonds is 6. The monoisotopic (exact) mass is 282 g/mol. The van der Waals surface area contributed by atoms with Crippen molar-refractivity contribution in [3.05, 3.63) is 39.7 Å². The maximum Gasteiger partial charge on any atom is 0.305 e. The Morgan fingerprint density at radius 2 is 2.20 bits per heavy atom. The highest BCUT2D eigenvalue weighted by Gasteiger charge is 2.41. The molecular formula is C13H15FN2O4. The van der Waals surface area contributed by atoms with Gasteiger partial charge in [-0.15, -0.1) is 0 Å². The standard InChI is InChI=1S/C13H15FN2O4/c14-10-2-1-9(7-11(10)16(19)20)12(18)15-8-13(3-4-13)5-6-17/h1-2,7,17H,3-6,8H2,(H,15,18). The Labute approximate surface area is 114 Å². The summed E-state index contributed by atoms with van der Waals surface area (Å²) in [6, 6.07) is 3.05. The number of amides is 1. The molecule has 7 heteroatoms. The van der Waals surface area contributed by atoms with Gasteiger partial charge in [-0.2, -0.15) is 4.39 Å². The van der Waals surface area contributed by atoms with E-state index in [0.717, 1.165) is 25.0 Å². The first-order valence-corrected chi connectivity index (χ1v) is 6.30. The van der Waals surface area contributed by atoms with E-state index in [0.29, 0.717) is 13.0 Å². The zero-order valence-electron chi connectivity index (χ0n) is 10.8. The number of nitrogens with zero attached hydrogens (tertiary/aromatic N) is 1. The zero-order chi connectivity index (χ0) is 14.8. The van der Waals surface area contributed by atoms with Gasteiger partial charge in [0.2, 0.25) is 5.82 Å². The summed E-state index contributed by atoms with van der Waals surface area (Å²) in [5.74, 6) is -1.44. The molecule has 0 aromatic heterocycles. The molecule has 0 atom stereocenters. The molecule has 2 N–H and O–H groups in total. The molecule has 1 aliphatic carbocycles. The van der Waals surface area contributed by atoms with Crippen molar-refractivity contribution in [3.63, 3.8) is 0 Å². The van der Waals surface area contributed by atoms with Crippen LogP contribution in [0.2, 0.25) is 0 Å². The summed E-state index contributed by atoms with van der Waals surface area (Å²) in [4.78, 5) is 21.6. The fraction of sp³-hybridized carbons (Fsp3) is 0.462. The quantitative estimate of drug-likeness (QED) is 0.612. The van der Waals surface area contributed by atoms with Gasteiger partial charge in [-0.25, -0.2) is 0 Å². The van der Waals surface area contributed by atoms with E-state index in [2.05, 4.69) is 5.32 Å². The summed E-state index contributed by atoms with van der Waals surface area (Å²) in [5, 5.41) is 22.2. The van der Waals surface area contributed by atoms with Gasteiger partial charge in [-0.05, 0) is 36.8 Å². The molecule has 0 bridgehead atoms. The first-order valence-electron chi connectivity index (χ1n) is 6.30. The number of hydrogen-bond donors (Lipinski definition) is 2. The van der Waals surface area contributed by atoms with Crippen molar-refractivity contribution >= 4 is 11.6 Å². The van der Waals surface area contributed by atoms with Gasteiger partial charge in [-0.3, -0.25) is 14.9 Å². The summed E-state index contributed by atoms with van der Waals surface area (Å²) in [5.41, 5.74) is -0.705. The van der Waals surface area contributed by atoms with Crippen molar-refractivity contribution in [2.24, 2.45) is 5.41 Å². The van der Waals surface area contributed by atoms with Crippen molar-refractivity contribution in [1.82, 2.24) is 5.32 Å². The van der Waals surface area contributed by atoms with Crippen LogP contribution in [0.3, 0.4) is 0 Å². The van der Waals surface area contributed by atoms with E-state index in [1.807, 2.05) is 0 Å². The smallest absolute Gasteiger partial charge is 0.305 e. The number of halogens is 1. The van der Waals surface area contributed by atoms with Crippen molar-refractivity contribution < 1.29 is 19.2 Å². The maximum absolute atomic E-state index is 13.2. The van der Waals surface area contributed by atoms with Crippen molar-refractivity contribution in [1.29, 1.82) is 0 Å². The molecular weight excluding hydrogens is 267 g/mol. The Hall–Kier alpha value is -2.02. The molecule has 0 aliphatic heterocycles. The molecule has 1 aromatic carbocycles. The van der Waals surface area contributed by atoms with Gasteiger partial charge in [0.25, 0.3) is 5.91 Å². The Morgan fingerprint density at radius 3 is 2.75 bits per heavy atom. The minimum absolute atomic E-state index is 0.0453. The van der Waals surface area contributed by atoms with E-state index >= 15 is 0 Å². The minimum Gasteiger partial charge on any atom is -0.396 e. The van der Waals surface area contributed by atoms with Crippen molar-refractivity contribution in [2.45, 2.75) is 19.3 Å². The number of carbonyl (C=O) groups is 1. The molecule has 20 heavy (non-hydrogen) atoms. The lowest BCUT2D eigenvalue weighted by atomic mass is 10.0. The Balaban J connectivity index is 2.03. The summed E-state index contributed by atoms with van der Waals surface area (Å²) in [6.07, 6.45) is 2.51. The van der Waals surface area contributed by atoms with Gasteiger partial charge in [0.05, 0.1) is 4.92 Å². The molecule has 2 rings (SSSR count). The average molecular weight is 282 g/mol. The number of aliphatic hydroxyl groups is 1. The number of hydrogen-bond acceptors (Lipinski definition) is 4. The van der Waals surface area contributed by atoms with Gasteiger partial charge in [0.1, 0.15) is 0 Å². The average Bonchev–Trinajstić information content (AvgIpc) is 3.17. The van der Waals surface area contributed by atoms with E-state index in [4.69, 9.17) is 5.11 Å². The number of nitro benzene ring substituents is 1. The number of nitrogens with one attached hydrogen (secondary N) is 1. The molecule has 1 aliphatic rings. The van der Waals surface area contributed by atoms with Crippen LogP contribution in [-0.4, -0.2) is 29.1 Å². The van der Waals surface area contributed by atoms with Gasteiger partial charge < -0.3 is 10.4 Å². The minimum atomic E-state index is -0.967. The molecule has 6 nitrogen and oxygen atoms in total. The third-order valence-corrected chi connectivity index (χ3v) is 3.63. The number of carbonyl (C=O) groups excluding carboxylic acids is 1. The lowest BCUT2D eigenvalue weighted by Gasteiger charge is -2.14. The molecule has 1 saturated carbocycles. The van der Waals surface area contributed by atoms with E-state index < -0.39 is 22.3 Å². The normalized spacial score (nSPS) is 15.7. The third-order valence-electron chi connectivity index (χ3n) is 3.63. The van der Waals surface area contributed by atoms with Gasteiger partial charge >= 0.3 is 5.69 Å². The third kappa shape index (κ3) is 3.11. The Bertz CT molecular complexity index is 543. The summed E-state index contributed by atoms with van der Waals surface area (Å²) in [6.45, 7) is 0.482. The maximum atomic E-state index is 13.2. The van der Waals surface area contributed by atoms with Gasteiger partial charge in [0.15, 0.2) is 0 Å². The molecule has 0 spiro atoms. The van der Waals surface area contributed by atoms with Crippen LogP contribution >= 0.6 is 0 Å². The molecule has 1 fully saturated rings. The summed E-state index contributed by atoms with van der Waals surface area (Å²) < 4.78 is 13.2. The first-order chi connectivity index (χ1) is 9.47. The topological polar surface area (TPSA) is 92.5 Å².